The minimum atomic E-state index is 0.203. The third-order valence-corrected chi connectivity index (χ3v) is 3.40. The van der Waals surface area contributed by atoms with E-state index in [1.54, 1.807) is 6.20 Å². The molecule has 1 aromatic heterocycles. The third kappa shape index (κ3) is 3.93. The van der Waals surface area contributed by atoms with Crippen LogP contribution in [0.1, 0.15) is 26.7 Å². The Kier molecular flexibility index (Phi) is 4.38. The maximum atomic E-state index is 5.77. The van der Waals surface area contributed by atoms with E-state index in [1.165, 1.54) is 0 Å². The maximum Gasteiger partial charge on any atom is 0.121 e. The number of aromatic nitrogens is 1. The Bertz CT molecular complexity index is 537. The largest absolute Gasteiger partial charge is 0.494 e. The van der Waals surface area contributed by atoms with Crippen molar-refractivity contribution in [1.82, 2.24) is 4.98 Å². The fraction of sp³-hybridized carbons (Fsp3) is 0.438. The van der Waals surface area contributed by atoms with Crippen molar-refractivity contribution in [2.45, 2.75) is 26.7 Å². The van der Waals surface area contributed by atoms with Crippen LogP contribution in [-0.2, 0) is 0 Å². The van der Waals surface area contributed by atoms with E-state index in [0.29, 0.717) is 6.54 Å². The molecule has 0 amide bonds. The number of fused-ring (bicyclic) bond motifs is 1. The van der Waals surface area contributed by atoms with Crippen molar-refractivity contribution in [1.29, 1.82) is 0 Å². The molecule has 0 unspecified atom stereocenters. The van der Waals surface area contributed by atoms with Crippen molar-refractivity contribution in [3.8, 4) is 5.75 Å². The maximum absolute atomic E-state index is 5.77. The van der Waals surface area contributed by atoms with Crippen LogP contribution in [0.2, 0.25) is 0 Å². The molecule has 0 radical (unpaired) electrons. The zero-order valence-corrected chi connectivity index (χ0v) is 11.7. The summed E-state index contributed by atoms with van der Waals surface area (Å²) in [5.74, 6) is 0.886. The molecular weight excluding hydrogens is 236 g/mol. The van der Waals surface area contributed by atoms with Gasteiger partial charge in [-0.05, 0) is 43.0 Å². The molecule has 0 aliphatic carbocycles. The summed E-state index contributed by atoms with van der Waals surface area (Å²) >= 11 is 0. The van der Waals surface area contributed by atoms with Crippen LogP contribution >= 0.6 is 0 Å². The van der Waals surface area contributed by atoms with Crippen LogP contribution in [0.15, 0.2) is 36.5 Å². The highest BCUT2D eigenvalue weighted by Gasteiger charge is 2.14. The lowest BCUT2D eigenvalue weighted by Gasteiger charge is -2.21. The molecule has 1 aromatic carbocycles. The standard InChI is InChI=1S/C16H22N2O/c1-16(2,12-17)8-4-10-19-14-7-6-13-5-3-9-18-15(13)11-14/h3,5-7,9,11H,4,8,10,12,17H2,1-2H3. The molecule has 0 aliphatic heterocycles. The minimum absolute atomic E-state index is 0.203. The summed E-state index contributed by atoms with van der Waals surface area (Å²) in [5.41, 5.74) is 6.89. The second-order valence-electron chi connectivity index (χ2n) is 5.68. The summed E-state index contributed by atoms with van der Waals surface area (Å²) in [6.45, 7) is 5.81. The molecule has 0 bridgehead atoms. The molecule has 0 spiro atoms. The van der Waals surface area contributed by atoms with E-state index in [2.05, 4.69) is 24.9 Å². The van der Waals surface area contributed by atoms with E-state index in [9.17, 15) is 0 Å². The molecule has 3 nitrogen and oxygen atoms in total. The molecule has 19 heavy (non-hydrogen) atoms. The van der Waals surface area contributed by atoms with E-state index in [4.69, 9.17) is 10.5 Å². The lowest BCUT2D eigenvalue weighted by Crippen LogP contribution is -2.23. The van der Waals surface area contributed by atoms with Crippen LogP contribution < -0.4 is 10.5 Å². The first-order valence-corrected chi connectivity index (χ1v) is 6.78. The molecule has 2 aromatic rings. The van der Waals surface area contributed by atoms with E-state index in [1.807, 2.05) is 24.3 Å². The molecule has 0 saturated carbocycles. The smallest absolute Gasteiger partial charge is 0.121 e. The summed E-state index contributed by atoms with van der Waals surface area (Å²) in [4.78, 5) is 4.33. The van der Waals surface area contributed by atoms with Gasteiger partial charge in [0.15, 0.2) is 0 Å². The molecule has 1 heterocycles. The van der Waals surface area contributed by atoms with E-state index in [-0.39, 0.29) is 5.41 Å². The Hall–Kier alpha value is -1.61. The average molecular weight is 258 g/mol. The van der Waals surface area contributed by atoms with Gasteiger partial charge in [0.2, 0.25) is 0 Å². The van der Waals surface area contributed by atoms with Crippen LogP contribution in [0.25, 0.3) is 10.9 Å². The molecule has 102 valence electrons. The number of benzene rings is 1. The highest BCUT2D eigenvalue weighted by atomic mass is 16.5. The number of nitrogens with two attached hydrogens (primary N) is 1. The number of pyridine rings is 1. The minimum Gasteiger partial charge on any atom is -0.494 e. The second kappa shape index (κ2) is 6.02. The Morgan fingerprint density at radius 2 is 2.11 bits per heavy atom. The molecule has 2 rings (SSSR count). The Labute approximate surface area is 114 Å². The average Bonchev–Trinajstić information content (AvgIpc) is 2.43. The summed E-state index contributed by atoms with van der Waals surface area (Å²) in [6.07, 6.45) is 3.90. The monoisotopic (exact) mass is 258 g/mol. The van der Waals surface area contributed by atoms with Gasteiger partial charge in [-0.3, -0.25) is 4.98 Å². The van der Waals surface area contributed by atoms with E-state index < -0.39 is 0 Å². The highest BCUT2D eigenvalue weighted by Crippen LogP contribution is 2.22. The second-order valence-corrected chi connectivity index (χ2v) is 5.68. The van der Waals surface area contributed by atoms with Crippen LogP contribution in [0.3, 0.4) is 0 Å². The van der Waals surface area contributed by atoms with Crippen LogP contribution in [0, 0.1) is 5.41 Å². The normalized spacial score (nSPS) is 11.7. The molecule has 2 N–H and O–H groups in total. The third-order valence-electron chi connectivity index (χ3n) is 3.40. The number of nitrogens with zero attached hydrogens (tertiary/aromatic N) is 1. The first-order valence-electron chi connectivity index (χ1n) is 6.78. The first kappa shape index (κ1) is 13.8. The van der Waals surface area contributed by atoms with Gasteiger partial charge in [0.05, 0.1) is 12.1 Å². The van der Waals surface area contributed by atoms with Crippen molar-refractivity contribution in [3.05, 3.63) is 36.5 Å². The topological polar surface area (TPSA) is 48.1 Å². The van der Waals surface area contributed by atoms with Gasteiger partial charge in [0.25, 0.3) is 0 Å². The first-order chi connectivity index (χ1) is 9.11. The molecule has 0 fully saturated rings. The lowest BCUT2D eigenvalue weighted by molar-refractivity contribution is 0.261. The highest BCUT2D eigenvalue weighted by molar-refractivity contribution is 5.79. The van der Waals surface area contributed by atoms with Crippen molar-refractivity contribution in [3.63, 3.8) is 0 Å². The number of ether oxygens (including phenoxy) is 1. The van der Waals surface area contributed by atoms with Gasteiger partial charge in [0.1, 0.15) is 5.75 Å². The van der Waals surface area contributed by atoms with Crippen molar-refractivity contribution in [2.75, 3.05) is 13.2 Å². The quantitative estimate of drug-likeness (QED) is 0.808. The predicted octanol–water partition coefficient (Wildman–Crippen LogP) is 3.38. The van der Waals surface area contributed by atoms with Gasteiger partial charge < -0.3 is 10.5 Å². The van der Waals surface area contributed by atoms with Crippen molar-refractivity contribution >= 4 is 10.9 Å². The zero-order chi connectivity index (χ0) is 13.7. The summed E-state index contributed by atoms with van der Waals surface area (Å²) in [6, 6.07) is 10.0. The number of rotatable bonds is 6. The molecule has 0 atom stereocenters. The van der Waals surface area contributed by atoms with Crippen LogP contribution in [-0.4, -0.2) is 18.1 Å². The molecular formula is C16H22N2O. The van der Waals surface area contributed by atoms with E-state index >= 15 is 0 Å². The van der Waals surface area contributed by atoms with Gasteiger partial charge >= 0.3 is 0 Å². The summed E-state index contributed by atoms with van der Waals surface area (Å²) in [5, 5.41) is 1.14. The lowest BCUT2D eigenvalue weighted by atomic mass is 9.88. The van der Waals surface area contributed by atoms with Gasteiger partial charge in [-0.15, -0.1) is 0 Å². The van der Waals surface area contributed by atoms with E-state index in [0.717, 1.165) is 36.1 Å². The Balaban J connectivity index is 1.88. The van der Waals surface area contributed by atoms with Gasteiger partial charge in [0, 0.05) is 17.6 Å². The molecule has 3 heteroatoms. The van der Waals surface area contributed by atoms with Crippen molar-refractivity contribution in [2.24, 2.45) is 11.1 Å². The Morgan fingerprint density at radius 3 is 2.89 bits per heavy atom. The molecule has 0 aliphatic rings. The predicted molar refractivity (Wildman–Crippen MR) is 79.3 cm³/mol. The Morgan fingerprint density at radius 1 is 1.26 bits per heavy atom. The van der Waals surface area contributed by atoms with Crippen LogP contribution in [0.4, 0.5) is 0 Å². The zero-order valence-electron chi connectivity index (χ0n) is 11.7. The van der Waals surface area contributed by atoms with Gasteiger partial charge in [-0.1, -0.05) is 19.9 Å². The fourth-order valence-corrected chi connectivity index (χ4v) is 1.98. The van der Waals surface area contributed by atoms with Crippen molar-refractivity contribution < 1.29 is 4.74 Å². The van der Waals surface area contributed by atoms with Crippen LogP contribution in [0.5, 0.6) is 5.75 Å². The summed E-state index contributed by atoms with van der Waals surface area (Å²) < 4.78 is 5.77. The number of hydrogen-bond acceptors (Lipinski definition) is 3. The SMILES string of the molecule is CC(C)(CN)CCCOc1ccc2cccnc2c1. The summed E-state index contributed by atoms with van der Waals surface area (Å²) in [7, 11) is 0. The van der Waals surface area contributed by atoms with Gasteiger partial charge in [-0.25, -0.2) is 0 Å². The molecule has 0 saturated heterocycles. The fourth-order valence-electron chi connectivity index (χ4n) is 1.98. The van der Waals surface area contributed by atoms with Gasteiger partial charge in [-0.2, -0.15) is 0 Å². The number of hydrogen-bond donors (Lipinski definition) is 1.